The molecule has 1 aliphatic rings. The fourth-order valence-corrected chi connectivity index (χ4v) is 7.06. The Morgan fingerprint density at radius 3 is 2.89 bits per heavy atom. The highest BCUT2D eigenvalue weighted by Crippen LogP contribution is 2.47. The maximum absolute atomic E-state index is 12.8. The maximum Gasteiger partial charge on any atom is 0.226 e. The number of methoxy groups -OCH3 is 1. The number of thiazole rings is 1. The molecule has 0 radical (unpaired) electrons. The molecule has 0 aliphatic carbocycles. The second-order valence-corrected chi connectivity index (χ2v) is 11.2. The molecule has 36 heavy (non-hydrogen) atoms. The first kappa shape index (κ1) is 25.0. The predicted molar refractivity (Wildman–Crippen MR) is 149 cm³/mol. The Kier molecular flexibility index (Phi) is 7.73. The highest BCUT2D eigenvalue weighted by Gasteiger charge is 2.30. The maximum atomic E-state index is 12.8. The van der Waals surface area contributed by atoms with Crippen molar-refractivity contribution in [2.75, 3.05) is 32.1 Å². The average Bonchev–Trinajstić information content (AvgIpc) is 3.44. The molecule has 0 unspecified atom stereocenters. The monoisotopic (exact) mass is 521 g/mol. The molecule has 3 aromatic heterocycles. The Labute approximate surface area is 219 Å². The number of hydrogen-bond acceptors (Lipinski definition) is 8. The summed E-state index contributed by atoms with van der Waals surface area (Å²) in [7, 11) is 1.67. The number of carbonyl (C=O) groups is 1. The highest BCUT2D eigenvalue weighted by molar-refractivity contribution is 7.23. The van der Waals surface area contributed by atoms with Gasteiger partial charge < -0.3 is 20.7 Å². The molecule has 1 aliphatic heterocycles. The van der Waals surface area contributed by atoms with Gasteiger partial charge in [-0.15, -0.1) is 22.7 Å². The summed E-state index contributed by atoms with van der Waals surface area (Å²) in [6, 6.07) is 11.0. The minimum atomic E-state index is 0.00778. The molecular formula is C27H31N5O2S2. The smallest absolute Gasteiger partial charge is 0.226 e. The lowest BCUT2D eigenvalue weighted by atomic mass is 9.95. The van der Waals surface area contributed by atoms with Gasteiger partial charge in [0.25, 0.3) is 0 Å². The van der Waals surface area contributed by atoms with Crippen molar-refractivity contribution in [3.05, 3.63) is 53.2 Å². The van der Waals surface area contributed by atoms with E-state index in [1.807, 2.05) is 12.3 Å². The van der Waals surface area contributed by atoms with Crippen LogP contribution in [0.1, 0.15) is 36.8 Å². The number of pyridine rings is 1. The van der Waals surface area contributed by atoms with Gasteiger partial charge in [-0.05, 0) is 49.6 Å². The summed E-state index contributed by atoms with van der Waals surface area (Å²) in [4.78, 5) is 23.4. The highest BCUT2D eigenvalue weighted by atomic mass is 32.1. The number of rotatable bonds is 9. The van der Waals surface area contributed by atoms with E-state index in [-0.39, 0.29) is 11.9 Å². The van der Waals surface area contributed by atoms with Gasteiger partial charge in [-0.25, -0.2) is 4.98 Å². The normalized spacial score (nSPS) is 17.3. The molecular weight excluding hydrogens is 490 g/mol. The molecule has 3 N–H and O–H groups in total. The van der Waals surface area contributed by atoms with Gasteiger partial charge in [-0.1, -0.05) is 12.1 Å². The number of thiophene rings is 1. The largest absolute Gasteiger partial charge is 0.383 e. The van der Waals surface area contributed by atoms with Crippen molar-refractivity contribution in [3.8, 4) is 21.7 Å². The van der Waals surface area contributed by atoms with Gasteiger partial charge in [-0.2, -0.15) is 0 Å². The van der Waals surface area contributed by atoms with E-state index in [0.29, 0.717) is 25.6 Å². The molecule has 0 saturated carbocycles. The lowest BCUT2D eigenvalue weighted by Gasteiger charge is -2.26. The van der Waals surface area contributed by atoms with Gasteiger partial charge in [0.05, 0.1) is 16.8 Å². The molecule has 0 bridgehead atoms. The zero-order valence-electron chi connectivity index (χ0n) is 20.8. The van der Waals surface area contributed by atoms with Crippen LogP contribution in [-0.2, 0) is 16.0 Å². The van der Waals surface area contributed by atoms with Gasteiger partial charge in [-0.3, -0.25) is 9.78 Å². The molecule has 4 aromatic rings. The van der Waals surface area contributed by atoms with E-state index in [9.17, 15) is 4.79 Å². The van der Waals surface area contributed by atoms with E-state index in [1.165, 1.54) is 10.4 Å². The Hall–Kier alpha value is -2.69. The first-order valence-corrected chi connectivity index (χ1v) is 13.9. The van der Waals surface area contributed by atoms with Crippen LogP contribution in [0.2, 0.25) is 0 Å². The van der Waals surface area contributed by atoms with Crippen molar-refractivity contribution in [1.29, 1.82) is 0 Å². The van der Waals surface area contributed by atoms with E-state index in [1.54, 1.807) is 36.0 Å². The number of fused-ring (bicyclic) bond motifs is 2. The molecule has 188 valence electrons. The Morgan fingerprint density at radius 2 is 2.08 bits per heavy atom. The number of nitrogens with one attached hydrogen (secondary N) is 3. The zero-order valence-corrected chi connectivity index (χ0v) is 22.4. The third-order valence-corrected chi connectivity index (χ3v) is 8.70. The van der Waals surface area contributed by atoms with E-state index in [4.69, 9.17) is 9.72 Å². The molecule has 0 spiro atoms. The molecule has 5 rings (SSSR count). The van der Waals surface area contributed by atoms with E-state index < -0.39 is 0 Å². The van der Waals surface area contributed by atoms with Crippen LogP contribution in [0, 0.1) is 0 Å². The molecule has 9 heteroatoms. The van der Waals surface area contributed by atoms with Crippen LogP contribution in [0.15, 0.2) is 42.7 Å². The van der Waals surface area contributed by atoms with E-state index >= 15 is 0 Å². The number of aromatic nitrogens is 2. The van der Waals surface area contributed by atoms with Crippen molar-refractivity contribution in [2.45, 2.75) is 38.8 Å². The van der Waals surface area contributed by atoms with Crippen LogP contribution in [0.5, 0.6) is 0 Å². The SMILES string of the molecule is COCCNCCC(=O)Nc1sc2c(c1-c1nc3ccc(-c4cccnc4)cc3s1)C[C@H](C)N[C@H]2C. The Balaban J connectivity index is 1.47. The Morgan fingerprint density at radius 1 is 1.19 bits per heavy atom. The second kappa shape index (κ2) is 11.1. The lowest BCUT2D eigenvalue weighted by Crippen LogP contribution is -2.35. The molecule has 4 heterocycles. The van der Waals surface area contributed by atoms with E-state index in [2.05, 4.69) is 59.0 Å². The number of amides is 1. The summed E-state index contributed by atoms with van der Waals surface area (Å²) in [5.74, 6) is 0.00778. The van der Waals surface area contributed by atoms with Crippen molar-refractivity contribution in [2.24, 2.45) is 0 Å². The third-order valence-electron chi connectivity index (χ3n) is 6.34. The minimum Gasteiger partial charge on any atom is -0.383 e. The number of hydrogen-bond donors (Lipinski definition) is 3. The van der Waals surface area contributed by atoms with Crippen LogP contribution in [-0.4, -0.2) is 48.7 Å². The topological polar surface area (TPSA) is 88.2 Å². The summed E-state index contributed by atoms with van der Waals surface area (Å²) in [5, 5.41) is 12.0. The van der Waals surface area contributed by atoms with Gasteiger partial charge in [0, 0.05) is 67.1 Å². The third kappa shape index (κ3) is 5.35. The van der Waals surface area contributed by atoms with Crippen molar-refractivity contribution in [1.82, 2.24) is 20.6 Å². The van der Waals surface area contributed by atoms with Gasteiger partial charge in [0.15, 0.2) is 0 Å². The second-order valence-electron chi connectivity index (χ2n) is 9.13. The summed E-state index contributed by atoms with van der Waals surface area (Å²) < 4.78 is 6.18. The molecule has 2 atom stereocenters. The molecule has 7 nitrogen and oxygen atoms in total. The lowest BCUT2D eigenvalue weighted by molar-refractivity contribution is -0.116. The Bertz CT molecular complexity index is 1350. The number of carbonyl (C=O) groups excluding carboxylic acids is 1. The van der Waals surface area contributed by atoms with Crippen LogP contribution >= 0.6 is 22.7 Å². The fraction of sp³-hybridized carbons (Fsp3) is 0.370. The molecule has 1 amide bonds. The van der Waals surface area contributed by atoms with Gasteiger partial charge >= 0.3 is 0 Å². The van der Waals surface area contributed by atoms with Gasteiger partial charge in [0.1, 0.15) is 10.0 Å². The van der Waals surface area contributed by atoms with Crippen LogP contribution in [0.3, 0.4) is 0 Å². The number of benzene rings is 1. The number of ether oxygens (including phenoxy) is 1. The summed E-state index contributed by atoms with van der Waals surface area (Å²) in [6.45, 7) is 6.38. The van der Waals surface area contributed by atoms with Crippen molar-refractivity contribution < 1.29 is 9.53 Å². The summed E-state index contributed by atoms with van der Waals surface area (Å²) >= 11 is 3.36. The van der Waals surface area contributed by atoms with Crippen LogP contribution in [0.4, 0.5) is 5.00 Å². The molecule has 1 aromatic carbocycles. The van der Waals surface area contributed by atoms with Crippen molar-refractivity contribution >= 4 is 43.8 Å². The molecule has 0 saturated heterocycles. The average molecular weight is 522 g/mol. The summed E-state index contributed by atoms with van der Waals surface area (Å²) in [6.07, 6.45) is 4.99. The first-order valence-electron chi connectivity index (χ1n) is 12.3. The zero-order chi connectivity index (χ0) is 25.1. The van der Waals surface area contributed by atoms with Crippen LogP contribution in [0.25, 0.3) is 31.9 Å². The van der Waals surface area contributed by atoms with Crippen LogP contribution < -0.4 is 16.0 Å². The standard InChI is InChI=1S/C27H31N5O2S2/c1-16-13-20-24(26-31-21-7-6-18(14-22(21)35-26)19-5-4-9-29-15-19)27(36-25(20)17(2)30-16)32-23(33)8-10-28-11-12-34-3/h4-7,9,14-17,28,30H,8,10-13H2,1-3H3,(H,32,33)/t16-,17-/m0/s1. The fourth-order valence-electron chi connectivity index (χ4n) is 4.65. The number of nitrogens with zero attached hydrogens (tertiary/aromatic N) is 2. The quantitative estimate of drug-likeness (QED) is 0.261. The summed E-state index contributed by atoms with van der Waals surface area (Å²) in [5.41, 5.74) is 5.57. The van der Waals surface area contributed by atoms with E-state index in [0.717, 1.165) is 49.9 Å². The predicted octanol–water partition coefficient (Wildman–Crippen LogP) is 5.25. The molecule has 0 fully saturated rings. The minimum absolute atomic E-state index is 0.00778. The van der Waals surface area contributed by atoms with Crippen molar-refractivity contribution in [3.63, 3.8) is 0 Å². The number of anilines is 1. The first-order chi connectivity index (χ1) is 17.5. The van der Waals surface area contributed by atoms with Gasteiger partial charge in [0.2, 0.25) is 5.91 Å².